The summed E-state index contributed by atoms with van der Waals surface area (Å²) in [6.07, 6.45) is 13.9. The number of aliphatic hydroxyl groups is 1. The minimum absolute atomic E-state index is 0. The molecule has 0 saturated carbocycles. The van der Waals surface area contributed by atoms with Gasteiger partial charge in [0, 0.05) is 111 Å². The van der Waals surface area contributed by atoms with Crippen molar-refractivity contribution in [3.05, 3.63) is 335 Å². The Balaban J connectivity index is 0.000000150. The predicted octanol–water partition coefficient (Wildman–Crippen LogP) is 19.2. The largest absolute Gasteiger partial charge is 0.508 e. The van der Waals surface area contributed by atoms with Crippen molar-refractivity contribution in [1.29, 1.82) is 0 Å². The summed E-state index contributed by atoms with van der Waals surface area (Å²) in [5.74, 6) is 2.37. The van der Waals surface area contributed by atoms with E-state index in [1.54, 1.807) is 79.0 Å². The molecule has 12 aromatic rings. The number of carbonyl (C=O) groups excluding carboxylic acids is 3. The molecular formula is C87H84N6O12S4. The summed E-state index contributed by atoms with van der Waals surface area (Å²) in [5.41, 5.74) is 12.5. The second kappa shape index (κ2) is 42.2. The Morgan fingerprint density at radius 1 is 0.431 bits per heavy atom. The maximum atomic E-state index is 12.0. The third-order valence-corrected chi connectivity index (χ3v) is 20.6. The van der Waals surface area contributed by atoms with Crippen LogP contribution < -0.4 is 24.8 Å². The van der Waals surface area contributed by atoms with Crippen LogP contribution in [0.5, 0.6) is 23.0 Å². The second-order valence-electron chi connectivity index (χ2n) is 24.6. The number of ether oxygens (including phenoxy) is 7. The molecule has 4 N–H and O–H groups in total. The Morgan fingerprint density at radius 3 is 1.11 bits per heavy atom. The highest BCUT2D eigenvalue weighted by molar-refractivity contribution is 8.00. The summed E-state index contributed by atoms with van der Waals surface area (Å²) in [7, 11) is 0. The van der Waals surface area contributed by atoms with E-state index in [1.165, 1.54) is 51.3 Å². The predicted molar refractivity (Wildman–Crippen MR) is 425 cm³/mol. The topological polar surface area (TPSA) is 232 Å². The highest BCUT2D eigenvalue weighted by Crippen LogP contribution is 2.39. The number of aliphatic hydroxyl groups excluding tert-OH is 1. The maximum absolute atomic E-state index is 12.0. The molecule has 1 atom stereocenters. The number of aryl methyl sites for hydroxylation is 4. The number of nitrogens with zero attached hydrogens (tertiary/aromatic N) is 4. The number of benzene rings is 8. The molecule has 0 aliphatic carbocycles. The molecule has 1 unspecified atom stereocenters. The normalized spacial score (nSPS) is 13.6. The number of pyridine rings is 4. The molecule has 4 aromatic heterocycles. The SMILES string of the molecule is C.Cc1cccc(CO)c1.Cc1cccc(COc2ccc(Sc3ccncc3C3NC(=O)NC3=O)cc2)c1.Cc1cccc(COc2ccc(Sc3ccncc3C3OCCO3)cc2)c1.Cc1cccc(COc2ccc(Sc3ccncc3C=O)cc2)c1.Oc1ccc(Sc2ccncc2C2OCCO2)cc1. The molecule has 22 heteroatoms. The smallest absolute Gasteiger partial charge is 0.322 e. The van der Waals surface area contributed by atoms with Crippen LogP contribution in [0.3, 0.4) is 0 Å². The third kappa shape index (κ3) is 25.5. The van der Waals surface area contributed by atoms with Crippen molar-refractivity contribution < 1.29 is 57.8 Å². The van der Waals surface area contributed by atoms with Crippen molar-refractivity contribution >= 4 is 65.3 Å². The van der Waals surface area contributed by atoms with Crippen LogP contribution in [0.4, 0.5) is 4.79 Å². The van der Waals surface area contributed by atoms with Gasteiger partial charge in [-0.25, -0.2) is 4.79 Å². The van der Waals surface area contributed by atoms with Gasteiger partial charge in [0.05, 0.1) is 33.0 Å². The number of hydrogen-bond donors (Lipinski definition) is 4. The maximum Gasteiger partial charge on any atom is 0.322 e. The minimum atomic E-state index is -0.726. The zero-order valence-electron chi connectivity index (χ0n) is 59.8. The van der Waals surface area contributed by atoms with Crippen molar-refractivity contribution in [2.75, 3.05) is 26.4 Å². The first-order chi connectivity index (χ1) is 52.8. The number of aromatic nitrogens is 4. The Bertz CT molecular complexity index is 4880. The van der Waals surface area contributed by atoms with Crippen LogP contribution in [0.1, 0.15) is 97.6 Å². The molecule has 109 heavy (non-hydrogen) atoms. The van der Waals surface area contributed by atoms with Crippen molar-refractivity contribution in [3.63, 3.8) is 0 Å². The van der Waals surface area contributed by atoms with E-state index in [0.29, 0.717) is 57.4 Å². The summed E-state index contributed by atoms with van der Waals surface area (Å²) in [6.45, 7) is 12.5. The summed E-state index contributed by atoms with van der Waals surface area (Å²) < 4.78 is 39.9. The van der Waals surface area contributed by atoms with Gasteiger partial charge in [0.25, 0.3) is 5.91 Å². The molecule has 3 aliphatic heterocycles. The number of hydrogen-bond acceptors (Lipinski definition) is 20. The van der Waals surface area contributed by atoms with E-state index in [-0.39, 0.29) is 38.3 Å². The first kappa shape index (κ1) is 80.9. The number of aldehydes is 1. The van der Waals surface area contributed by atoms with Crippen LogP contribution in [0.25, 0.3) is 0 Å². The molecule has 3 fully saturated rings. The molecule has 3 aliphatic rings. The van der Waals surface area contributed by atoms with Gasteiger partial charge in [-0.05, 0) is 171 Å². The Morgan fingerprint density at radius 2 is 0.761 bits per heavy atom. The fraction of sp³-hybridized carbons (Fsp3) is 0.184. The Labute approximate surface area is 652 Å². The van der Waals surface area contributed by atoms with Crippen LogP contribution in [0.2, 0.25) is 0 Å². The molecule has 18 nitrogen and oxygen atoms in total. The monoisotopic (exact) mass is 1530 g/mol. The van der Waals surface area contributed by atoms with Crippen LogP contribution >= 0.6 is 47.0 Å². The van der Waals surface area contributed by atoms with Gasteiger partial charge < -0.3 is 48.7 Å². The molecule has 0 radical (unpaired) electrons. The van der Waals surface area contributed by atoms with Crippen molar-refractivity contribution in [3.8, 4) is 23.0 Å². The zero-order valence-corrected chi connectivity index (χ0v) is 63.0. The summed E-state index contributed by atoms with van der Waals surface area (Å²) in [5, 5.41) is 22.8. The van der Waals surface area contributed by atoms with E-state index in [1.807, 2.05) is 153 Å². The minimum Gasteiger partial charge on any atom is -0.508 e. The summed E-state index contributed by atoms with van der Waals surface area (Å²) in [4.78, 5) is 59.0. The van der Waals surface area contributed by atoms with Gasteiger partial charge in [0.15, 0.2) is 18.9 Å². The summed E-state index contributed by atoms with van der Waals surface area (Å²) in [6, 6.07) is 70.0. The van der Waals surface area contributed by atoms with E-state index in [9.17, 15) is 19.5 Å². The molecule has 8 aromatic carbocycles. The van der Waals surface area contributed by atoms with E-state index < -0.39 is 12.1 Å². The van der Waals surface area contributed by atoms with Crippen molar-refractivity contribution in [2.24, 2.45) is 0 Å². The number of carbonyl (C=O) groups is 3. The lowest BCUT2D eigenvalue weighted by Gasteiger charge is -2.13. The highest BCUT2D eigenvalue weighted by Gasteiger charge is 2.33. The van der Waals surface area contributed by atoms with E-state index in [0.717, 1.165) is 90.5 Å². The number of aromatic hydroxyl groups is 1. The van der Waals surface area contributed by atoms with E-state index in [2.05, 4.69) is 118 Å². The van der Waals surface area contributed by atoms with Gasteiger partial charge in [-0.15, -0.1) is 0 Å². The standard InChI is InChI=1S/C22H19N3O3S.C22H21NO3S.C20H17NO2S.C14H13NO3S.C8H10O.CH4/c1-14-3-2-4-15(11-14)13-28-16-5-7-17(8-6-16)29-19-9-10-23-12-18(19)20-21(26)25-22(27)24-20;1-16-3-2-4-17(13-16)15-26-18-5-7-19(8-6-18)27-21-9-10-23-14-20(21)22-24-11-12-25-22;1-15-3-2-4-16(11-15)14-23-18-5-7-19(8-6-18)24-20-9-10-21-12-17(20)13-22;16-10-1-3-11(4-2-10)19-13-5-6-15-9-12(13)14-17-7-8-18-14;1-7-3-2-4-8(5-7)6-9;/h2-12,20H,13H2,1H3,(H2,24,25,26,27);2-10,13-14,22H,11-12,15H2,1H3;2-13H,14H2,1H3;1-6,9,14,16H,7-8H2;2-5,9H,6H2,1H3;1H4. The van der Waals surface area contributed by atoms with Crippen LogP contribution in [-0.2, 0) is 50.2 Å². The van der Waals surface area contributed by atoms with Crippen LogP contribution in [0.15, 0.2) is 307 Å². The number of phenols is 1. The van der Waals surface area contributed by atoms with Crippen molar-refractivity contribution in [1.82, 2.24) is 30.6 Å². The lowest BCUT2D eigenvalue weighted by atomic mass is 10.1. The van der Waals surface area contributed by atoms with Gasteiger partial charge in [-0.3, -0.25) is 34.8 Å². The first-order valence-electron chi connectivity index (χ1n) is 34.6. The number of urea groups is 1. The quantitative estimate of drug-likeness (QED) is 0.0365. The highest BCUT2D eigenvalue weighted by atomic mass is 32.2. The molecule has 3 amide bonds. The van der Waals surface area contributed by atoms with Gasteiger partial charge in [-0.2, -0.15) is 0 Å². The van der Waals surface area contributed by atoms with Gasteiger partial charge in [-0.1, -0.05) is 174 Å². The van der Waals surface area contributed by atoms with Crippen molar-refractivity contribution in [2.45, 2.75) is 119 Å². The van der Waals surface area contributed by atoms with E-state index in [4.69, 9.17) is 38.3 Å². The average molecular weight is 1530 g/mol. The first-order valence-corrected chi connectivity index (χ1v) is 37.8. The van der Waals surface area contributed by atoms with Gasteiger partial charge >= 0.3 is 6.03 Å². The second-order valence-corrected chi connectivity index (χ2v) is 29.1. The lowest BCUT2D eigenvalue weighted by molar-refractivity contribution is -0.120. The summed E-state index contributed by atoms with van der Waals surface area (Å²) >= 11 is 6.31. The Kier molecular flexibility index (Phi) is 31.3. The Hall–Kier alpha value is -10.6. The number of nitrogens with one attached hydrogen (secondary N) is 2. The average Bonchev–Trinajstić information content (AvgIpc) is 1.65. The molecular weight excluding hydrogens is 1450 g/mol. The number of amides is 3. The number of imide groups is 1. The molecule has 0 bridgehead atoms. The van der Waals surface area contributed by atoms with Crippen LogP contribution in [0, 0.1) is 27.7 Å². The lowest BCUT2D eigenvalue weighted by Crippen LogP contribution is -2.22. The number of phenolic OH excluding ortho intramolecular Hbond substituents is 1. The molecule has 0 spiro atoms. The third-order valence-electron chi connectivity index (χ3n) is 16.2. The number of rotatable bonds is 22. The van der Waals surface area contributed by atoms with Gasteiger partial charge in [0.1, 0.15) is 48.9 Å². The van der Waals surface area contributed by atoms with Crippen LogP contribution in [-0.4, -0.2) is 74.8 Å². The molecule has 3 saturated heterocycles. The fourth-order valence-corrected chi connectivity index (χ4v) is 14.5. The van der Waals surface area contributed by atoms with Gasteiger partial charge in [0.2, 0.25) is 0 Å². The molecule has 558 valence electrons. The fourth-order valence-electron chi connectivity index (χ4n) is 10.9. The molecule has 15 rings (SSSR count). The molecule has 7 heterocycles. The zero-order chi connectivity index (χ0) is 75.2. The van der Waals surface area contributed by atoms with E-state index >= 15 is 0 Å².